The predicted molar refractivity (Wildman–Crippen MR) is 118 cm³/mol. The van der Waals surface area contributed by atoms with Crippen LogP contribution >= 0.6 is 0 Å². The van der Waals surface area contributed by atoms with Gasteiger partial charge < -0.3 is 4.43 Å². The number of nitrogens with zero attached hydrogens (tertiary/aromatic N) is 1. The maximum atomic E-state index is 7.00. The first-order chi connectivity index (χ1) is 12.7. The summed E-state index contributed by atoms with van der Waals surface area (Å²) in [6.45, 7) is 18.3. The molecule has 0 aromatic heterocycles. The molecule has 2 aliphatic rings. The van der Waals surface area contributed by atoms with E-state index in [4.69, 9.17) is 4.43 Å². The number of rotatable bonds is 5. The molecule has 1 saturated carbocycles. The predicted octanol–water partition coefficient (Wildman–Crippen LogP) is 6.40. The van der Waals surface area contributed by atoms with Gasteiger partial charge in [-0.1, -0.05) is 70.0 Å². The van der Waals surface area contributed by atoms with Crippen molar-refractivity contribution in [3.8, 4) is 0 Å². The second-order valence-electron chi connectivity index (χ2n) is 10.2. The molecule has 1 aromatic carbocycles. The Morgan fingerprint density at radius 2 is 1.89 bits per heavy atom. The highest BCUT2D eigenvalue weighted by Gasteiger charge is 2.52. The van der Waals surface area contributed by atoms with Crippen molar-refractivity contribution in [2.45, 2.75) is 89.2 Å². The third kappa shape index (κ3) is 4.11. The lowest BCUT2D eigenvalue weighted by Gasteiger charge is -2.57. The second-order valence-corrected chi connectivity index (χ2v) is 14.9. The Morgan fingerprint density at radius 1 is 1.19 bits per heavy atom. The molecule has 1 aromatic rings. The SMILES string of the molecule is C=C[C@]12CCCC[C@H]1[C@@H](O[Si](C)(C)C(C)(C)C)CCN2Cc1ccccc1. The number of hydrogen-bond donors (Lipinski definition) is 0. The summed E-state index contributed by atoms with van der Waals surface area (Å²) in [5.41, 5.74) is 1.51. The van der Waals surface area contributed by atoms with E-state index in [0.717, 1.165) is 19.5 Å². The van der Waals surface area contributed by atoms with Crippen molar-refractivity contribution in [1.29, 1.82) is 0 Å². The molecular formula is C24H39NOSi. The van der Waals surface area contributed by atoms with Gasteiger partial charge in [-0.2, -0.15) is 0 Å². The Bertz CT molecular complexity index is 636. The van der Waals surface area contributed by atoms with Gasteiger partial charge in [0.2, 0.25) is 0 Å². The van der Waals surface area contributed by atoms with Gasteiger partial charge in [-0.05, 0) is 43.0 Å². The molecule has 1 saturated heterocycles. The minimum absolute atomic E-state index is 0.0966. The van der Waals surface area contributed by atoms with E-state index in [0.29, 0.717) is 12.0 Å². The normalized spacial score (nSPS) is 30.0. The van der Waals surface area contributed by atoms with Crippen LogP contribution in [0.1, 0.15) is 58.4 Å². The summed E-state index contributed by atoms with van der Waals surface area (Å²) in [7, 11) is -1.76. The first kappa shape index (κ1) is 20.8. The molecule has 0 spiro atoms. The van der Waals surface area contributed by atoms with Gasteiger partial charge in [0.05, 0.1) is 6.10 Å². The van der Waals surface area contributed by atoms with E-state index in [-0.39, 0.29) is 10.6 Å². The third-order valence-corrected chi connectivity index (χ3v) is 12.0. The van der Waals surface area contributed by atoms with Gasteiger partial charge in [0.25, 0.3) is 0 Å². The number of hydrogen-bond acceptors (Lipinski definition) is 2. The molecule has 0 amide bonds. The lowest BCUT2D eigenvalue weighted by Crippen LogP contribution is -2.63. The van der Waals surface area contributed by atoms with Gasteiger partial charge in [-0.3, -0.25) is 4.90 Å². The fourth-order valence-electron chi connectivity index (χ4n) is 4.91. The number of benzene rings is 1. The molecule has 3 rings (SSSR count). The Morgan fingerprint density at radius 3 is 2.52 bits per heavy atom. The zero-order valence-electron chi connectivity index (χ0n) is 18.1. The molecule has 2 nitrogen and oxygen atoms in total. The number of piperidine rings is 1. The fourth-order valence-corrected chi connectivity index (χ4v) is 6.30. The first-order valence-corrected chi connectivity index (χ1v) is 13.7. The Hall–Kier alpha value is -0.903. The van der Waals surface area contributed by atoms with Gasteiger partial charge in [0.15, 0.2) is 8.32 Å². The van der Waals surface area contributed by atoms with Gasteiger partial charge in [0, 0.05) is 24.5 Å². The van der Waals surface area contributed by atoms with E-state index in [9.17, 15) is 0 Å². The summed E-state index contributed by atoms with van der Waals surface area (Å²) in [4.78, 5) is 2.71. The van der Waals surface area contributed by atoms with Crippen LogP contribution in [0.3, 0.4) is 0 Å². The third-order valence-electron chi connectivity index (χ3n) is 7.53. The second kappa shape index (κ2) is 7.85. The molecule has 3 atom stereocenters. The standard InChI is InChI=1S/C24H39NOSi/c1-7-24-17-12-11-15-21(24)22(26-27(5,6)23(2,3)4)16-18-25(24)19-20-13-9-8-10-14-20/h7-10,13-14,21-22H,1,11-12,15-19H2,2-6H3/t21-,22-,24-/m0/s1. The Labute approximate surface area is 168 Å². The van der Waals surface area contributed by atoms with E-state index in [1.54, 1.807) is 0 Å². The maximum absolute atomic E-state index is 7.00. The largest absolute Gasteiger partial charge is 0.414 e. The van der Waals surface area contributed by atoms with Crippen LogP contribution in [-0.4, -0.2) is 31.4 Å². The van der Waals surface area contributed by atoms with Crippen LogP contribution < -0.4 is 0 Å². The molecule has 2 fully saturated rings. The number of likely N-dealkylation sites (tertiary alicyclic amines) is 1. The molecule has 1 aliphatic carbocycles. The Kier molecular flexibility index (Phi) is 6.05. The average molecular weight is 386 g/mol. The maximum Gasteiger partial charge on any atom is 0.192 e. The van der Waals surface area contributed by atoms with E-state index in [2.05, 4.69) is 81.8 Å². The van der Waals surface area contributed by atoms with Crippen molar-refractivity contribution in [2.24, 2.45) is 5.92 Å². The van der Waals surface area contributed by atoms with Crippen molar-refractivity contribution in [3.05, 3.63) is 48.6 Å². The summed E-state index contributed by atoms with van der Waals surface area (Å²) >= 11 is 0. The summed E-state index contributed by atoms with van der Waals surface area (Å²) < 4.78 is 7.00. The minimum Gasteiger partial charge on any atom is -0.414 e. The lowest BCUT2D eigenvalue weighted by molar-refractivity contribution is -0.0735. The first-order valence-electron chi connectivity index (χ1n) is 10.8. The van der Waals surface area contributed by atoms with Crippen LogP contribution in [0.4, 0.5) is 0 Å². The minimum atomic E-state index is -1.76. The summed E-state index contributed by atoms with van der Waals surface area (Å²) in [5, 5.41) is 0.264. The quantitative estimate of drug-likeness (QED) is 0.429. The summed E-state index contributed by atoms with van der Waals surface area (Å²) in [6.07, 6.45) is 8.95. The Balaban J connectivity index is 1.85. The van der Waals surface area contributed by atoms with Gasteiger partial charge >= 0.3 is 0 Å². The molecule has 150 valence electrons. The van der Waals surface area contributed by atoms with Crippen molar-refractivity contribution in [1.82, 2.24) is 4.90 Å². The van der Waals surface area contributed by atoms with Crippen LogP contribution in [-0.2, 0) is 11.0 Å². The van der Waals surface area contributed by atoms with Gasteiger partial charge in [0.1, 0.15) is 0 Å². The monoisotopic (exact) mass is 385 g/mol. The molecule has 1 heterocycles. The lowest BCUT2D eigenvalue weighted by atomic mass is 9.66. The van der Waals surface area contributed by atoms with E-state index in [1.807, 2.05) is 0 Å². The molecule has 0 radical (unpaired) electrons. The molecule has 0 bridgehead atoms. The van der Waals surface area contributed by atoms with Crippen molar-refractivity contribution in [2.75, 3.05) is 6.54 Å². The molecule has 3 heteroatoms. The molecule has 1 aliphatic heterocycles. The molecular weight excluding hydrogens is 346 g/mol. The van der Waals surface area contributed by atoms with Crippen LogP contribution in [0.15, 0.2) is 43.0 Å². The highest BCUT2D eigenvalue weighted by Crippen LogP contribution is 2.48. The molecule has 0 unspecified atom stereocenters. The highest BCUT2D eigenvalue weighted by molar-refractivity contribution is 6.74. The topological polar surface area (TPSA) is 12.5 Å². The zero-order chi connectivity index (χ0) is 19.7. The molecule has 0 N–H and O–H groups in total. The van der Waals surface area contributed by atoms with Crippen LogP contribution in [0.2, 0.25) is 18.1 Å². The summed E-state index contributed by atoms with van der Waals surface area (Å²) in [5.74, 6) is 0.579. The molecule has 27 heavy (non-hydrogen) atoms. The fraction of sp³-hybridized carbons (Fsp3) is 0.667. The van der Waals surface area contributed by atoms with Crippen LogP contribution in [0, 0.1) is 5.92 Å². The van der Waals surface area contributed by atoms with Gasteiger partial charge in [-0.15, -0.1) is 6.58 Å². The van der Waals surface area contributed by atoms with Crippen molar-refractivity contribution < 1.29 is 4.43 Å². The number of fused-ring (bicyclic) bond motifs is 1. The van der Waals surface area contributed by atoms with Crippen molar-refractivity contribution in [3.63, 3.8) is 0 Å². The van der Waals surface area contributed by atoms with Crippen LogP contribution in [0.25, 0.3) is 0 Å². The van der Waals surface area contributed by atoms with Crippen LogP contribution in [0.5, 0.6) is 0 Å². The van der Waals surface area contributed by atoms with E-state index >= 15 is 0 Å². The summed E-state index contributed by atoms with van der Waals surface area (Å²) in [6, 6.07) is 10.9. The van der Waals surface area contributed by atoms with E-state index < -0.39 is 8.32 Å². The average Bonchev–Trinajstić information content (AvgIpc) is 2.63. The smallest absolute Gasteiger partial charge is 0.192 e. The zero-order valence-corrected chi connectivity index (χ0v) is 19.1. The highest BCUT2D eigenvalue weighted by atomic mass is 28.4. The van der Waals surface area contributed by atoms with Gasteiger partial charge in [-0.25, -0.2) is 0 Å². The van der Waals surface area contributed by atoms with E-state index in [1.165, 1.54) is 31.2 Å². The van der Waals surface area contributed by atoms with Crippen molar-refractivity contribution >= 4 is 8.32 Å².